The lowest BCUT2D eigenvalue weighted by Gasteiger charge is -2.05. The van der Waals surface area contributed by atoms with Gasteiger partial charge in [-0.2, -0.15) is 5.26 Å². The fourth-order valence-electron chi connectivity index (χ4n) is 2.12. The molecule has 0 aromatic heterocycles. The summed E-state index contributed by atoms with van der Waals surface area (Å²) in [6, 6.07) is 15.0. The fourth-order valence-corrected chi connectivity index (χ4v) is 2.12. The van der Waals surface area contributed by atoms with Crippen LogP contribution in [0.4, 0.5) is 0 Å². The highest BCUT2D eigenvalue weighted by Gasteiger charge is 2.15. The van der Waals surface area contributed by atoms with E-state index in [4.69, 9.17) is 9.47 Å². The van der Waals surface area contributed by atoms with Crippen molar-refractivity contribution in [3.05, 3.63) is 70.8 Å². The van der Waals surface area contributed by atoms with Crippen molar-refractivity contribution in [1.29, 1.82) is 5.26 Å². The first-order chi connectivity index (χ1) is 11.6. The predicted molar refractivity (Wildman–Crippen MR) is 88.7 cm³/mol. The largest absolute Gasteiger partial charge is 0.497 e. The Hall–Kier alpha value is -3.39. The molecule has 0 saturated heterocycles. The van der Waals surface area contributed by atoms with Crippen LogP contribution in [0.2, 0.25) is 0 Å². The normalized spacial score (nSPS) is 10.6. The monoisotopic (exact) mass is 321 g/mol. The molecule has 0 atom stereocenters. The van der Waals surface area contributed by atoms with Gasteiger partial charge in [0.2, 0.25) is 5.78 Å². The van der Waals surface area contributed by atoms with Crippen molar-refractivity contribution in [1.82, 2.24) is 0 Å². The number of nitrogens with zero attached hydrogens (tertiary/aromatic N) is 1. The molecule has 0 unspecified atom stereocenters. The van der Waals surface area contributed by atoms with E-state index in [9.17, 15) is 14.9 Å². The summed E-state index contributed by atoms with van der Waals surface area (Å²) in [5.74, 6) is -0.346. The predicted octanol–water partition coefficient (Wildman–Crippen LogP) is 3.27. The van der Waals surface area contributed by atoms with E-state index < -0.39 is 11.8 Å². The summed E-state index contributed by atoms with van der Waals surface area (Å²) in [6.45, 7) is 0. The van der Waals surface area contributed by atoms with Gasteiger partial charge < -0.3 is 9.47 Å². The van der Waals surface area contributed by atoms with Crippen LogP contribution in [0.5, 0.6) is 5.75 Å². The fraction of sp³-hybridized carbons (Fsp3) is 0.105. The molecule has 0 amide bonds. The van der Waals surface area contributed by atoms with Crippen LogP contribution in [-0.2, 0) is 4.74 Å². The number of Topliss-reactive ketones (excluding diaryl/α,β-unsaturated/α-hetero) is 1. The molecule has 24 heavy (non-hydrogen) atoms. The van der Waals surface area contributed by atoms with Crippen LogP contribution in [0, 0.1) is 11.3 Å². The van der Waals surface area contributed by atoms with Crippen molar-refractivity contribution in [3.8, 4) is 11.8 Å². The number of hydrogen-bond donors (Lipinski definition) is 0. The van der Waals surface area contributed by atoms with Gasteiger partial charge in [0.1, 0.15) is 17.4 Å². The first-order valence-corrected chi connectivity index (χ1v) is 7.08. The first kappa shape index (κ1) is 17.0. The van der Waals surface area contributed by atoms with Crippen molar-refractivity contribution in [2.75, 3.05) is 14.2 Å². The van der Waals surface area contributed by atoms with Gasteiger partial charge in [-0.25, -0.2) is 4.79 Å². The molecule has 2 rings (SSSR count). The lowest BCUT2D eigenvalue weighted by Crippen LogP contribution is -2.05. The van der Waals surface area contributed by atoms with Gasteiger partial charge in [0, 0.05) is 5.56 Å². The summed E-state index contributed by atoms with van der Waals surface area (Å²) in [4.78, 5) is 24.3. The van der Waals surface area contributed by atoms with E-state index in [-0.39, 0.29) is 11.1 Å². The maximum absolute atomic E-state index is 12.5. The average Bonchev–Trinajstić information content (AvgIpc) is 2.65. The van der Waals surface area contributed by atoms with Crippen LogP contribution in [0.3, 0.4) is 0 Å². The van der Waals surface area contributed by atoms with Gasteiger partial charge in [-0.15, -0.1) is 0 Å². The highest BCUT2D eigenvalue weighted by atomic mass is 16.5. The summed E-state index contributed by atoms with van der Waals surface area (Å²) in [5, 5.41) is 9.33. The zero-order chi connectivity index (χ0) is 17.5. The molecule has 120 valence electrons. The molecule has 0 spiro atoms. The van der Waals surface area contributed by atoms with Gasteiger partial charge in [-0.3, -0.25) is 4.79 Å². The third-order valence-electron chi connectivity index (χ3n) is 3.38. The topological polar surface area (TPSA) is 76.4 Å². The van der Waals surface area contributed by atoms with Gasteiger partial charge in [-0.1, -0.05) is 18.2 Å². The number of methoxy groups -OCH3 is 2. The molecule has 5 heteroatoms. The van der Waals surface area contributed by atoms with E-state index in [1.807, 2.05) is 6.07 Å². The van der Waals surface area contributed by atoms with Crippen molar-refractivity contribution in [2.45, 2.75) is 0 Å². The molecule has 5 nitrogen and oxygen atoms in total. The van der Waals surface area contributed by atoms with Gasteiger partial charge in [0.15, 0.2) is 0 Å². The molecule has 0 saturated carbocycles. The van der Waals surface area contributed by atoms with Crippen molar-refractivity contribution in [2.24, 2.45) is 0 Å². The van der Waals surface area contributed by atoms with Gasteiger partial charge >= 0.3 is 5.97 Å². The molecular formula is C19H15NO4. The smallest absolute Gasteiger partial charge is 0.338 e. The molecule has 2 aromatic rings. The van der Waals surface area contributed by atoms with Crippen LogP contribution in [0.1, 0.15) is 26.3 Å². The Morgan fingerprint density at radius 1 is 1.04 bits per heavy atom. The van der Waals surface area contributed by atoms with E-state index in [0.29, 0.717) is 16.9 Å². The number of nitriles is 1. The maximum atomic E-state index is 12.5. The standard InChI is InChI=1S/C19H15NO4/c1-23-16-9-7-13(8-10-16)18(21)15(12-20)11-14-5-3-4-6-17(14)19(22)24-2/h3-11H,1-2H3/b15-11+. The van der Waals surface area contributed by atoms with Crippen molar-refractivity contribution in [3.63, 3.8) is 0 Å². The number of carbonyl (C=O) groups excluding carboxylic acids is 2. The number of esters is 1. The molecule has 0 radical (unpaired) electrons. The number of benzene rings is 2. The number of ether oxygens (including phenoxy) is 2. The highest BCUT2D eigenvalue weighted by Crippen LogP contribution is 2.18. The van der Waals surface area contributed by atoms with E-state index >= 15 is 0 Å². The zero-order valence-electron chi connectivity index (χ0n) is 13.3. The second-order valence-electron chi connectivity index (χ2n) is 4.81. The third-order valence-corrected chi connectivity index (χ3v) is 3.38. The molecular weight excluding hydrogens is 306 g/mol. The minimum atomic E-state index is -0.531. The number of hydrogen-bond acceptors (Lipinski definition) is 5. The Bertz CT molecular complexity index is 829. The van der Waals surface area contributed by atoms with Crippen LogP contribution in [0.15, 0.2) is 54.1 Å². The quantitative estimate of drug-likeness (QED) is 0.365. The molecule has 0 aliphatic heterocycles. The molecule has 2 aromatic carbocycles. The molecule has 0 bridgehead atoms. The first-order valence-electron chi connectivity index (χ1n) is 7.08. The van der Waals surface area contributed by atoms with Crippen LogP contribution in [-0.4, -0.2) is 26.0 Å². The second kappa shape index (κ2) is 7.75. The third kappa shape index (κ3) is 3.68. The lowest BCUT2D eigenvalue weighted by molar-refractivity contribution is 0.0600. The molecule has 0 aliphatic rings. The Morgan fingerprint density at radius 2 is 1.71 bits per heavy atom. The summed E-state index contributed by atoms with van der Waals surface area (Å²) in [6.07, 6.45) is 1.39. The molecule has 0 aliphatic carbocycles. The summed E-state index contributed by atoms with van der Waals surface area (Å²) in [7, 11) is 2.80. The van der Waals surface area contributed by atoms with E-state index in [1.165, 1.54) is 20.3 Å². The number of carbonyl (C=O) groups is 2. The van der Waals surface area contributed by atoms with E-state index in [0.717, 1.165) is 0 Å². The van der Waals surface area contributed by atoms with Gasteiger partial charge in [0.25, 0.3) is 0 Å². The number of rotatable bonds is 5. The van der Waals surface area contributed by atoms with Crippen molar-refractivity contribution >= 4 is 17.8 Å². The van der Waals surface area contributed by atoms with Gasteiger partial charge in [-0.05, 0) is 42.0 Å². The minimum absolute atomic E-state index is 0.0727. The number of ketones is 1. The minimum Gasteiger partial charge on any atom is -0.497 e. The SMILES string of the molecule is COC(=O)c1ccccc1/C=C(\C#N)C(=O)c1ccc(OC)cc1. The van der Waals surface area contributed by atoms with E-state index in [1.54, 1.807) is 48.5 Å². The highest BCUT2D eigenvalue weighted by molar-refractivity contribution is 6.14. The molecule has 0 N–H and O–H groups in total. The Labute approximate surface area is 139 Å². The average molecular weight is 321 g/mol. The van der Waals surface area contributed by atoms with E-state index in [2.05, 4.69) is 0 Å². The van der Waals surface area contributed by atoms with Gasteiger partial charge in [0.05, 0.1) is 19.8 Å². The number of allylic oxidation sites excluding steroid dienone is 1. The maximum Gasteiger partial charge on any atom is 0.338 e. The Morgan fingerprint density at radius 3 is 2.29 bits per heavy atom. The second-order valence-corrected chi connectivity index (χ2v) is 4.81. The zero-order valence-corrected chi connectivity index (χ0v) is 13.3. The lowest BCUT2D eigenvalue weighted by atomic mass is 9.99. The Balaban J connectivity index is 2.41. The van der Waals surface area contributed by atoms with Crippen LogP contribution < -0.4 is 4.74 Å². The van der Waals surface area contributed by atoms with Crippen molar-refractivity contribution < 1.29 is 19.1 Å². The Kier molecular flexibility index (Phi) is 5.48. The summed E-state index contributed by atoms with van der Waals surface area (Å²) >= 11 is 0. The molecule has 0 heterocycles. The van der Waals surface area contributed by atoms with Crippen LogP contribution in [0.25, 0.3) is 6.08 Å². The van der Waals surface area contributed by atoms with Crippen LogP contribution >= 0.6 is 0 Å². The summed E-state index contributed by atoms with van der Waals surface area (Å²) in [5.41, 5.74) is 1.02. The summed E-state index contributed by atoms with van der Waals surface area (Å²) < 4.78 is 9.76. The molecule has 0 fully saturated rings.